The van der Waals surface area contributed by atoms with Crippen LogP contribution in [0.3, 0.4) is 0 Å². The molecule has 3 rings (SSSR count). The van der Waals surface area contributed by atoms with Crippen LogP contribution >= 0.6 is 11.3 Å². The molecule has 1 aromatic heterocycles. The summed E-state index contributed by atoms with van der Waals surface area (Å²) in [7, 11) is 0. The van der Waals surface area contributed by atoms with Crippen LogP contribution < -0.4 is 5.73 Å². The molecule has 0 radical (unpaired) electrons. The van der Waals surface area contributed by atoms with Crippen molar-refractivity contribution in [2.45, 2.75) is 51.0 Å². The number of likely N-dealkylation sites (tertiary alicyclic amines) is 1. The van der Waals surface area contributed by atoms with Gasteiger partial charge in [0.15, 0.2) is 5.79 Å². The Morgan fingerprint density at radius 3 is 2.81 bits per heavy atom. The van der Waals surface area contributed by atoms with Gasteiger partial charge in [-0.3, -0.25) is 4.90 Å². The number of thiophene rings is 1. The van der Waals surface area contributed by atoms with Crippen molar-refractivity contribution in [3.63, 3.8) is 0 Å². The van der Waals surface area contributed by atoms with Crippen LogP contribution in [0.25, 0.3) is 0 Å². The first-order valence-electron chi connectivity index (χ1n) is 7.97. The SMILES string of the molecule is CCC(N)C(c1sccc1C)N1CCCC2(C1)OCCO2. The summed E-state index contributed by atoms with van der Waals surface area (Å²) in [5, 5.41) is 2.17. The first-order valence-corrected chi connectivity index (χ1v) is 8.85. The van der Waals surface area contributed by atoms with Crippen molar-refractivity contribution in [1.29, 1.82) is 0 Å². The zero-order chi connectivity index (χ0) is 14.9. The van der Waals surface area contributed by atoms with Gasteiger partial charge in [0.1, 0.15) is 0 Å². The monoisotopic (exact) mass is 310 g/mol. The number of nitrogens with two attached hydrogens (primary N) is 1. The van der Waals surface area contributed by atoms with Gasteiger partial charge in [-0.2, -0.15) is 0 Å². The average molecular weight is 310 g/mol. The Balaban J connectivity index is 1.84. The molecule has 0 amide bonds. The van der Waals surface area contributed by atoms with Crippen molar-refractivity contribution in [2.24, 2.45) is 5.73 Å². The van der Waals surface area contributed by atoms with Gasteiger partial charge in [-0.25, -0.2) is 0 Å². The van der Waals surface area contributed by atoms with Gasteiger partial charge in [0.2, 0.25) is 0 Å². The molecule has 2 fully saturated rings. The van der Waals surface area contributed by atoms with E-state index < -0.39 is 0 Å². The summed E-state index contributed by atoms with van der Waals surface area (Å²) in [6.45, 7) is 7.70. The molecule has 0 aromatic carbocycles. The van der Waals surface area contributed by atoms with Gasteiger partial charge >= 0.3 is 0 Å². The lowest BCUT2D eigenvalue weighted by molar-refractivity contribution is -0.195. The summed E-state index contributed by atoms with van der Waals surface area (Å²) in [6.07, 6.45) is 3.09. The Morgan fingerprint density at radius 2 is 2.19 bits per heavy atom. The summed E-state index contributed by atoms with van der Waals surface area (Å²) < 4.78 is 11.8. The molecule has 3 heterocycles. The minimum absolute atomic E-state index is 0.152. The van der Waals surface area contributed by atoms with Gasteiger partial charge in [-0.15, -0.1) is 11.3 Å². The van der Waals surface area contributed by atoms with E-state index in [4.69, 9.17) is 15.2 Å². The quantitative estimate of drug-likeness (QED) is 0.929. The molecular weight excluding hydrogens is 284 g/mol. The molecule has 2 saturated heterocycles. The minimum atomic E-state index is -0.380. The molecule has 0 aliphatic carbocycles. The van der Waals surface area contributed by atoms with Crippen LogP contribution in [0.2, 0.25) is 0 Å². The summed E-state index contributed by atoms with van der Waals surface area (Å²) >= 11 is 1.82. The molecule has 2 unspecified atom stereocenters. The Kier molecular flexibility index (Phi) is 4.66. The topological polar surface area (TPSA) is 47.7 Å². The van der Waals surface area contributed by atoms with E-state index in [0.29, 0.717) is 0 Å². The summed E-state index contributed by atoms with van der Waals surface area (Å²) in [5.74, 6) is -0.380. The van der Waals surface area contributed by atoms with Crippen molar-refractivity contribution < 1.29 is 9.47 Å². The smallest absolute Gasteiger partial charge is 0.181 e. The second-order valence-corrected chi connectivity index (χ2v) is 7.11. The highest BCUT2D eigenvalue weighted by molar-refractivity contribution is 7.10. The van der Waals surface area contributed by atoms with Crippen LogP contribution in [0.4, 0.5) is 0 Å². The zero-order valence-corrected chi connectivity index (χ0v) is 13.8. The molecule has 2 aliphatic rings. The molecule has 0 saturated carbocycles. The van der Waals surface area contributed by atoms with E-state index in [2.05, 4.69) is 30.2 Å². The fraction of sp³-hybridized carbons (Fsp3) is 0.750. The predicted molar refractivity (Wildman–Crippen MR) is 85.5 cm³/mol. The number of ether oxygens (including phenoxy) is 2. The van der Waals surface area contributed by atoms with E-state index in [9.17, 15) is 0 Å². The van der Waals surface area contributed by atoms with E-state index in [1.807, 2.05) is 11.3 Å². The van der Waals surface area contributed by atoms with E-state index >= 15 is 0 Å². The molecule has 1 spiro atoms. The maximum atomic E-state index is 6.48. The van der Waals surface area contributed by atoms with E-state index in [-0.39, 0.29) is 17.9 Å². The van der Waals surface area contributed by atoms with Crippen molar-refractivity contribution in [2.75, 3.05) is 26.3 Å². The van der Waals surface area contributed by atoms with Gasteiger partial charge in [-0.05, 0) is 43.3 Å². The molecule has 5 heteroatoms. The van der Waals surface area contributed by atoms with Crippen LogP contribution in [0, 0.1) is 6.92 Å². The minimum Gasteiger partial charge on any atom is -0.346 e. The van der Waals surface area contributed by atoms with Crippen LogP contribution in [0.5, 0.6) is 0 Å². The lowest BCUT2D eigenvalue weighted by atomic mass is 9.96. The highest BCUT2D eigenvalue weighted by Gasteiger charge is 2.43. The third-order valence-corrected chi connectivity index (χ3v) is 5.79. The number of rotatable bonds is 4. The van der Waals surface area contributed by atoms with E-state index in [1.54, 1.807) is 0 Å². The van der Waals surface area contributed by atoms with Crippen LogP contribution in [0.1, 0.15) is 42.7 Å². The number of nitrogens with zero attached hydrogens (tertiary/aromatic N) is 1. The third-order valence-electron chi connectivity index (χ3n) is 4.70. The lowest BCUT2D eigenvalue weighted by Gasteiger charge is -2.44. The Bertz CT molecular complexity index is 471. The number of hydrogen-bond acceptors (Lipinski definition) is 5. The number of aryl methyl sites for hydroxylation is 1. The molecule has 1 aromatic rings. The summed E-state index contributed by atoms with van der Waals surface area (Å²) in [4.78, 5) is 3.89. The van der Waals surface area contributed by atoms with Crippen molar-refractivity contribution in [1.82, 2.24) is 4.90 Å². The third kappa shape index (κ3) is 3.03. The van der Waals surface area contributed by atoms with E-state index in [1.165, 1.54) is 10.4 Å². The Morgan fingerprint density at radius 1 is 1.43 bits per heavy atom. The molecule has 2 atom stereocenters. The zero-order valence-electron chi connectivity index (χ0n) is 13.0. The fourth-order valence-electron chi connectivity index (χ4n) is 3.53. The van der Waals surface area contributed by atoms with Crippen LogP contribution in [-0.4, -0.2) is 43.0 Å². The predicted octanol–water partition coefficient (Wildman–Crippen LogP) is 2.67. The average Bonchev–Trinajstić information content (AvgIpc) is 3.10. The molecule has 2 aliphatic heterocycles. The van der Waals surface area contributed by atoms with Crippen LogP contribution in [-0.2, 0) is 9.47 Å². The molecule has 4 nitrogen and oxygen atoms in total. The molecule has 21 heavy (non-hydrogen) atoms. The first kappa shape index (κ1) is 15.4. The number of hydrogen-bond donors (Lipinski definition) is 1. The van der Waals surface area contributed by atoms with Crippen LogP contribution in [0.15, 0.2) is 11.4 Å². The second kappa shape index (κ2) is 6.34. The van der Waals surface area contributed by atoms with Gasteiger partial charge in [0.05, 0.1) is 25.8 Å². The molecule has 2 N–H and O–H groups in total. The van der Waals surface area contributed by atoms with Gasteiger partial charge < -0.3 is 15.2 Å². The Hall–Kier alpha value is -0.460. The largest absolute Gasteiger partial charge is 0.346 e. The normalized spacial score (nSPS) is 25.3. The number of piperidine rings is 1. The van der Waals surface area contributed by atoms with Crippen molar-refractivity contribution in [3.05, 3.63) is 21.9 Å². The second-order valence-electron chi connectivity index (χ2n) is 6.17. The van der Waals surface area contributed by atoms with Gasteiger partial charge in [0.25, 0.3) is 0 Å². The lowest BCUT2D eigenvalue weighted by Crippen LogP contribution is -2.53. The molecular formula is C16H26N2O2S. The van der Waals surface area contributed by atoms with Crippen molar-refractivity contribution >= 4 is 11.3 Å². The molecule has 0 bridgehead atoms. The maximum absolute atomic E-state index is 6.48. The van der Waals surface area contributed by atoms with Gasteiger partial charge in [0, 0.05) is 17.3 Å². The van der Waals surface area contributed by atoms with E-state index in [0.717, 1.165) is 45.6 Å². The molecule has 118 valence electrons. The highest BCUT2D eigenvalue weighted by atomic mass is 32.1. The fourth-order valence-corrected chi connectivity index (χ4v) is 4.67. The summed E-state index contributed by atoms with van der Waals surface area (Å²) in [5.41, 5.74) is 7.83. The Labute approximate surface area is 131 Å². The standard InChI is InChI=1S/C16H26N2O2S/c1-3-13(17)14(15-12(2)5-10-21-15)18-7-4-6-16(11-18)19-8-9-20-16/h5,10,13-14H,3-4,6-9,11,17H2,1-2H3. The summed E-state index contributed by atoms with van der Waals surface area (Å²) in [6, 6.07) is 2.62. The first-order chi connectivity index (χ1) is 10.2. The van der Waals surface area contributed by atoms with Crippen molar-refractivity contribution in [3.8, 4) is 0 Å². The maximum Gasteiger partial charge on any atom is 0.181 e. The highest BCUT2D eigenvalue weighted by Crippen LogP contribution is 2.38. The van der Waals surface area contributed by atoms with Gasteiger partial charge in [-0.1, -0.05) is 6.92 Å².